The molecule has 2 aromatic heterocycles. The van der Waals surface area contributed by atoms with Crippen LogP contribution in [0.3, 0.4) is 0 Å². The predicted molar refractivity (Wildman–Crippen MR) is 81.7 cm³/mol. The number of fused-ring (bicyclic) bond motifs is 1. The zero-order valence-electron chi connectivity index (χ0n) is 11.3. The van der Waals surface area contributed by atoms with Gasteiger partial charge in [0.2, 0.25) is 0 Å². The number of rotatable bonds is 2. The molecule has 0 aliphatic heterocycles. The predicted octanol–water partition coefficient (Wildman–Crippen LogP) is 2.42. The summed E-state index contributed by atoms with van der Waals surface area (Å²) in [5.41, 5.74) is 1.47. The highest BCUT2D eigenvalue weighted by Crippen LogP contribution is 2.18. The summed E-state index contributed by atoms with van der Waals surface area (Å²) in [6.07, 6.45) is 0. The van der Waals surface area contributed by atoms with E-state index in [1.54, 1.807) is 0 Å². The summed E-state index contributed by atoms with van der Waals surface area (Å²) >= 11 is 1.43. The summed E-state index contributed by atoms with van der Waals surface area (Å²) in [5.74, 6) is 0. The first-order valence-electron chi connectivity index (χ1n) is 6.34. The highest BCUT2D eigenvalue weighted by Gasteiger charge is 2.11. The van der Waals surface area contributed by atoms with E-state index < -0.39 is 0 Å². The van der Waals surface area contributed by atoms with E-state index in [2.05, 4.69) is 4.98 Å². The molecule has 0 amide bonds. The van der Waals surface area contributed by atoms with E-state index in [1.807, 2.05) is 44.2 Å². The molecule has 0 bridgehead atoms. The summed E-state index contributed by atoms with van der Waals surface area (Å²) in [4.78, 5) is 29.0. The summed E-state index contributed by atoms with van der Waals surface area (Å²) in [6.45, 7) is 4.20. The van der Waals surface area contributed by atoms with Crippen LogP contribution in [0.5, 0.6) is 0 Å². The third kappa shape index (κ3) is 2.10. The SMILES string of the molecule is Cc1cc2c(=O)n(Cc3ccccc3C)c(=O)[nH]c2s1. The van der Waals surface area contributed by atoms with E-state index in [0.717, 1.165) is 16.0 Å². The fraction of sp³-hybridized carbons (Fsp3) is 0.200. The van der Waals surface area contributed by atoms with E-state index in [-0.39, 0.29) is 11.2 Å². The molecule has 3 aromatic rings. The Bertz CT molecular complexity index is 902. The molecule has 0 aliphatic carbocycles. The van der Waals surface area contributed by atoms with Gasteiger partial charge in [0.25, 0.3) is 5.56 Å². The Balaban J connectivity index is 2.19. The minimum atomic E-state index is -0.354. The highest BCUT2D eigenvalue weighted by molar-refractivity contribution is 7.18. The number of thiophene rings is 1. The molecule has 0 atom stereocenters. The van der Waals surface area contributed by atoms with Gasteiger partial charge in [0.1, 0.15) is 4.83 Å². The molecule has 102 valence electrons. The number of aryl methyl sites for hydroxylation is 2. The zero-order valence-corrected chi connectivity index (χ0v) is 12.1. The number of aromatic amines is 1. The van der Waals surface area contributed by atoms with Crippen molar-refractivity contribution in [1.29, 1.82) is 0 Å². The standard InChI is InChI=1S/C15H14N2O2S/c1-9-5-3-4-6-11(9)8-17-14(18)12-7-10(2)20-13(12)16-15(17)19/h3-7H,8H2,1-2H3,(H,16,19). The number of nitrogens with zero attached hydrogens (tertiary/aromatic N) is 1. The van der Waals surface area contributed by atoms with Gasteiger partial charge in [0.15, 0.2) is 0 Å². The number of nitrogens with one attached hydrogen (secondary N) is 1. The number of H-pyrrole nitrogens is 1. The van der Waals surface area contributed by atoms with Crippen molar-refractivity contribution in [3.63, 3.8) is 0 Å². The Morgan fingerprint density at radius 2 is 1.95 bits per heavy atom. The molecule has 0 spiro atoms. The van der Waals surface area contributed by atoms with Gasteiger partial charge >= 0.3 is 5.69 Å². The van der Waals surface area contributed by atoms with Gasteiger partial charge in [-0.05, 0) is 31.0 Å². The molecule has 0 aliphatic rings. The fourth-order valence-electron chi connectivity index (χ4n) is 2.27. The minimum Gasteiger partial charge on any atom is -0.298 e. The third-order valence-electron chi connectivity index (χ3n) is 3.39. The van der Waals surface area contributed by atoms with E-state index in [9.17, 15) is 9.59 Å². The Morgan fingerprint density at radius 1 is 1.20 bits per heavy atom. The van der Waals surface area contributed by atoms with Crippen LogP contribution >= 0.6 is 11.3 Å². The first-order chi connectivity index (χ1) is 9.56. The van der Waals surface area contributed by atoms with Crippen molar-refractivity contribution in [3.05, 3.63) is 67.2 Å². The first kappa shape index (κ1) is 12.9. The van der Waals surface area contributed by atoms with Crippen LogP contribution in [-0.4, -0.2) is 9.55 Å². The maximum absolute atomic E-state index is 12.4. The molecule has 5 heteroatoms. The fourth-order valence-corrected chi connectivity index (χ4v) is 3.16. The van der Waals surface area contributed by atoms with Crippen LogP contribution in [0.2, 0.25) is 0 Å². The molecular formula is C15H14N2O2S. The van der Waals surface area contributed by atoms with Crippen molar-refractivity contribution in [1.82, 2.24) is 9.55 Å². The molecular weight excluding hydrogens is 272 g/mol. The quantitative estimate of drug-likeness (QED) is 0.786. The second kappa shape index (κ2) is 4.76. The number of hydrogen-bond acceptors (Lipinski definition) is 3. The van der Waals surface area contributed by atoms with Crippen LogP contribution in [0.15, 0.2) is 39.9 Å². The van der Waals surface area contributed by atoms with Gasteiger partial charge in [0, 0.05) is 4.88 Å². The first-order valence-corrected chi connectivity index (χ1v) is 7.15. The lowest BCUT2D eigenvalue weighted by molar-refractivity contribution is 0.710. The molecule has 0 unspecified atom stereocenters. The monoisotopic (exact) mass is 286 g/mol. The van der Waals surface area contributed by atoms with Crippen molar-refractivity contribution in [2.75, 3.05) is 0 Å². The normalized spacial score (nSPS) is 11.1. The molecule has 0 saturated carbocycles. The molecule has 2 heterocycles. The largest absolute Gasteiger partial charge is 0.329 e. The van der Waals surface area contributed by atoms with Crippen molar-refractivity contribution in [2.45, 2.75) is 20.4 Å². The lowest BCUT2D eigenvalue weighted by atomic mass is 10.1. The Labute approximate surface area is 119 Å². The van der Waals surface area contributed by atoms with Crippen LogP contribution < -0.4 is 11.2 Å². The van der Waals surface area contributed by atoms with Gasteiger partial charge < -0.3 is 0 Å². The van der Waals surface area contributed by atoms with Crippen LogP contribution in [-0.2, 0) is 6.54 Å². The third-order valence-corrected chi connectivity index (χ3v) is 4.35. The summed E-state index contributed by atoms with van der Waals surface area (Å²) < 4.78 is 1.26. The molecule has 0 radical (unpaired) electrons. The van der Waals surface area contributed by atoms with Gasteiger partial charge in [-0.15, -0.1) is 11.3 Å². The van der Waals surface area contributed by atoms with Gasteiger partial charge in [-0.25, -0.2) is 4.79 Å². The van der Waals surface area contributed by atoms with Gasteiger partial charge in [0.05, 0.1) is 11.9 Å². The van der Waals surface area contributed by atoms with Crippen molar-refractivity contribution >= 4 is 21.6 Å². The van der Waals surface area contributed by atoms with Crippen LogP contribution in [0.4, 0.5) is 0 Å². The summed E-state index contributed by atoms with van der Waals surface area (Å²) in [7, 11) is 0. The number of aromatic nitrogens is 2. The van der Waals surface area contributed by atoms with Gasteiger partial charge in [-0.3, -0.25) is 14.3 Å². The maximum Gasteiger partial charge on any atom is 0.329 e. The van der Waals surface area contributed by atoms with E-state index in [1.165, 1.54) is 15.9 Å². The minimum absolute atomic E-state index is 0.226. The van der Waals surface area contributed by atoms with Gasteiger partial charge in [-0.1, -0.05) is 24.3 Å². The lowest BCUT2D eigenvalue weighted by Crippen LogP contribution is -2.35. The van der Waals surface area contributed by atoms with Gasteiger partial charge in [-0.2, -0.15) is 0 Å². The van der Waals surface area contributed by atoms with E-state index in [4.69, 9.17) is 0 Å². The Hall–Kier alpha value is -2.14. The number of hydrogen-bond donors (Lipinski definition) is 1. The average Bonchev–Trinajstić information content (AvgIpc) is 2.77. The molecule has 0 fully saturated rings. The molecule has 4 nitrogen and oxygen atoms in total. The summed E-state index contributed by atoms with van der Waals surface area (Å²) in [6, 6.07) is 9.59. The second-order valence-corrected chi connectivity index (χ2v) is 6.10. The Morgan fingerprint density at radius 3 is 2.70 bits per heavy atom. The average molecular weight is 286 g/mol. The second-order valence-electron chi connectivity index (χ2n) is 4.85. The lowest BCUT2D eigenvalue weighted by Gasteiger charge is -2.07. The van der Waals surface area contributed by atoms with Crippen molar-refractivity contribution in [3.8, 4) is 0 Å². The molecule has 1 N–H and O–H groups in total. The molecule has 1 aromatic carbocycles. The van der Waals surface area contributed by atoms with E-state index in [0.29, 0.717) is 16.8 Å². The van der Waals surface area contributed by atoms with Crippen molar-refractivity contribution < 1.29 is 0 Å². The smallest absolute Gasteiger partial charge is 0.298 e. The topological polar surface area (TPSA) is 54.9 Å². The summed E-state index contributed by atoms with van der Waals surface area (Å²) in [5, 5.41) is 0.584. The molecule has 3 rings (SSSR count). The maximum atomic E-state index is 12.4. The van der Waals surface area contributed by atoms with Crippen molar-refractivity contribution in [2.24, 2.45) is 0 Å². The number of benzene rings is 1. The van der Waals surface area contributed by atoms with Crippen LogP contribution in [0.25, 0.3) is 10.2 Å². The van der Waals surface area contributed by atoms with Crippen LogP contribution in [0, 0.1) is 13.8 Å². The highest BCUT2D eigenvalue weighted by atomic mass is 32.1. The zero-order chi connectivity index (χ0) is 14.3. The molecule has 0 saturated heterocycles. The Kier molecular flexibility index (Phi) is 3.06. The van der Waals surface area contributed by atoms with E-state index >= 15 is 0 Å². The molecule has 20 heavy (non-hydrogen) atoms. The van der Waals surface area contributed by atoms with Crippen LogP contribution in [0.1, 0.15) is 16.0 Å².